The summed E-state index contributed by atoms with van der Waals surface area (Å²) in [5, 5.41) is 11.7. The second-order valence-electron chi connectivity index (χ2n) is 8.03. The lowest BCUT2D eigenvalue weighted by Gasteiger charge is -2.37. The van der Waals surface area contributed by atoms with E-state index in [9.17, 15) is 9.90 Å². The summed E-state index contributed by atoms with van der Waals surface area (Å²) in [5.41, 5.74) is 8.51. The number of nitrogen functional groups attached to an aromatic ring is 1. The van der Waals surface area contributed by atoms with Crippen molar-refractivity contribution in [3.8, 4) is 0 Å². The number of halogens is 1. The van der Waals surface area contributed by atoms with Crippen molar-refractivity contribution in [1.29, 1.82) is 0 Å². The molecule has 0 saturated carbocycles. The Balaban J connectivity index is 1.50. The number of esters is 1. The SMILES string of the molecule is CCOC(=O)Cc1nc(N)c2ncc(Sc3nc(N4CC(O)C4)c4c(Cl)c(CC)[nH]c4n3)cc2n1. The van der Waals surface area contributed by atoms with Crippen LogP contribution in [0.5, 0.6) is 0 Å². The van der Waals surface area contributed by atoms with Crippen molar-refractivity contribution in [3.63, 3.8) is 0 Å². The van der Waals surface area contributed by atoms with E-state index in [1.807, 2.05) is 11.8 Å². The number of anilines is 2. The van der Waals surface area contributed by atoms with Gasteiger partial charge in [-0.3, -0.25) is 4.79 Å². The molecule has 11 nitrogen and oxygen atoms in total. The van der Waals surface area contributed by atoms with Gasteiger partial charge in [0.2, 0.25) is 0 Å². The van der Waals surface area contributed by atoms with Crippen LogP contribution in [0, 0.1) is 0 Å². The first-order valence-electron chi connectivity index (χ1n) is 11.1. The third kappa shape index (κ3) is 4.56. The molecule has 5 heterocycles. The number of aromatic amines is 1. The normalized spacial score (nSPS) is 14.0. The average Bonchev–Trinajstić information content (AvgIpc) is 3.12. The predicted octanol–water partition coefficient (Wildman–Crippen LogP) is 2.53. The summed E-state index contributed by atoms with van der Waals surface area (Å²) in [5.74, 6) is 0.712. The van der Waals surface area contributed by atoms with Crippen LogP contribution in [0.1, 0.15) is 25.4 Å². The lowest BCUT2D eigenvalue weighted by Crippen LogP contribution is -2.51. The zero-order valence-corrected chi connectivity index (χ0v) is 20.7. The number of aliphatic hydroxyl groups excluding tert-OH is 1. The van der Waals surface area contributed by atoms with Gasteiger partial charge in [-0.05, 0) is 31.2 Å². The van der Waals surface area contributed by atoms with Crippen LogP contribution in [0.3, 0.4) is 0 Å². The maximum atomic E-state index is 11.8. The highest BCUT2D eigenvalue weighted by Gasteiger charge is 2.30. The fraction of sp³-hybridized carbons (Fsp3) is 0.364. The summed E-state index contributed by atoms with van der Waals surface area (Å²) in [6.07, 6.45) is 1.91. The van der Waals surface area contributed by atoms with E-state index in [4.69, 9.17) is 27.1 Å². The number of carbonyl (C=O) groups is 1. The van der Waals surface area contributed by atoms with Gasteiger partial charge in [0, 0.05) is 29.9 Å². The van der Waals surface area contributed by atoms with E-state index in [-0.39, 0.29) is 24.7 Å². The molecule has 1 aliphatic rings. The van der Waals surface area contributed by atoms with Crippen molar-refractivity contribution in [2.45, 2.75) is 42.8 Å². The van der Waals surface area contributed by atoms with Gasteiger partial charge in [0.1, 0.15) is 29.2 Å². The number of fused-ring (bicyclic) bond motifs is 2. The molecule has 4 aromatic rings. The van der Waals surface area contributed by atoms with E-state index in [0.29, 0.717) is 45.8 Å². The number of aromatic nitrogens is 6. The zero-order valence-electron chi connectivity index (χ0n) is 19.1. The van der Waals surface area contributed by atoms with E-state index in [2.05, 4.69) is 24.9 Å². The van der Waals surface area contributed by atoms with Crippen LogP contribution in [-0.4, -0.2) is 66.8 Å². The van der Waals surface area contributed by atoms with Crippen LogP contribution < -0.4 is 10.6 Å². The molecular weight excluding hydrogens is 492 g/mol. The highest BCUT2D eigenvalue weighted by molar-refractivity contribution is 7.99. The third-order valence-corrected chi connectivity index (χ3v) is 6.78. The highest BCUT2D eigenvalue weighted by Crippen LogP contribution is 2.38. The van der Waals surface area contributed by atoms with Crippen molar-refractivity contribution in [2.24, 2.45) is 0 Å². The molecule has 4 N–H and O–H groups in total. The lowest BCUT2D eigenvalue weighted by molar-refractivity contribution is -0.142. The molecule has 0 aromatic carbocycles. The molecule has 1 saturated heterocycles. The molecular formula is C22H23ClN8O3S. The molecule has 35 heavy (non-hydrogen) atoms. The van der Waals surface area contributed by atoms with Crippen LogP contribution >= 0.6 is 23.4 Å². The summed E-state index contributed by atoms with van der Waals surface area (Å²) in [4.78, 5) is 40.3. The number of β-amino-alcohol motifs (C(OH)–C–C–N with tert-alkyl or cyclic N) is 1. The van der Waals surface area contributed by atoms with Crippen molar-refractivity contribution < 1.29 is 14.6 Å². The second-order valence-corrected chi connectivity index (χ2v) is 9.45. The molecule has 0 atom stereocenters. The Morgan fingerprint density at radius 1 is 1.31 bits per heavy atom. The molecule has 4 aromatic heterocycles. The number of ether oxygens (including phenoxy) is 1. The fourth-order valence-electron chi connectivity index (χ4n) is 3.87. The van der Waals surface area contributed by atoms with Gasteiger partial charge >= 0.3 is 5.97 Å². The first-order valence-corrected chi connectivity index (χ1v) is 12.3. The Hall–Kier alpha value is -3.22. The quantitative estimate of drug-likeness (QED) is 0.246. The zero-order chi connectivity index (χ0) is 24.7. The summed E-state index contributed by atoms with van der Waals surface area (Å²) in [6.45, 7) is 4.99. The number of pyridine rings is 1. The van der Waals surface area contributed by atoms with Crippen LogP contribution in [0.25, 0.3) is 22.1 Å². The van der Waals surface area contributed by atoms with Gasteiger partial charge in [0.05, 0.1) is 28.6 Å². The molecule has 0 unspecified atom stereocenters. The highest BCUT2D eigenvalue weighted by atomic mass is 35.5. The molecule has 0 radical (unpaired) electrons. The summed E-state index contributed by atoms with van der Waals surface area (Å²) >= 11 is 7.92. The predicted molar refractivity (Wildman–Crippen MR) is 133 cm³/mol. The van der Waals surface area contributed by atoms with Gasteiger partial charge in [0.25, 0.3) is 0 Å². The van der Waals surface area contributed by atoms with E-state index in [0.717, 1.165) is 22.4 Å². The number of aryl methyl sites for hydroxylation is 1. The maximum absolute atomic E-state index is 11.8. The second kappa shape index (κ2) is 9.44. The Bertz CT molecular complexity index is 1440. The number of carbonyl (C=O) groups excluding carboxylic acids is 1. The Morgan fingerprint density at radius 2 is 2.11 bits per heavy atom. The van der Waals surface area contributed by atoms with Crippen LogP contribution in [0.15, 0.2) is 22.3 Å². The number of hydrogen-bond acceptors (Lipinski definition) is 11. The number of hydrogen-bond donors (Lipinski definition) is 3. The Kier molecular flexibility index (Phi) is 6.34. The summed E-state index contributed by atoms with van der Waals surface area (Å²) < 4.78 is 4.98. The number of nitrogens with zero attached hydrogens (tertiary/aromatic N) is 6. The van der Waals surface area contributed by atoms with Gasteiger partial charge in [-0.15, -0.1) is 0 Å². The molecule has 0 amide bonds. The first-order chi connectivity index (χ1) is 16.9. The average molecular weight is 515 g/mol. The minimum absolute atomic E-state index is 0.0798. The molecule has 1 aliphatic heterocycles. The van der Waals surface area contributed by atoms with Crippen LogP contribution in [0.4, 0.5) is 11.6 Å². The number of nitrogens with one attached hydrogen (secondary N) is 1. The Labute approximate surface area is 209 Å². The number of H-pyrrole nitrogens is 1. The van der Waals surface area contributed by atoms with Crippen LogP contribution in [0.2, 0.25) is 5.02 Å². The smallest absolute Gasteiger partial charge is 0.313 e. The maximum Gasteiger partial charge on any atom is 0.313 e. The minimum atomic E-state index is -0.425. The van der Waals surface area contributed by atoms with Crippen molar-refractivity contribution in [3.05, 3.63) is 28.8 Å². The van der Waals surface area contributed by atoms with Crippen molar-refractivity contribution in [1.82, 2.24) is 29.9 Å². The van der Waals surface area contributed by atoms with Gasteiger partial charge in [-0.1, -0.05) is 18.5 Å². The van der Waals surface area contributed by atoms with Gasteiger partial charge in [-0.2, -0.15) is 0 Å². The molecule has 13 heteroatoms. The van der Waals surface area contributed by atoms with Crippen molar-refractivity contribution in [2.75, 3.05) is 30.3 Å². The number of rotatable bonds is 7. The third-order valence-electron chi connectivity index (χ3n) is 5.54. The largest absolute Gasteiger partial charge is 0.466 e. The fourth-order valence-corrected chi connectivity index (χ4v) is 4.98. The number of nitrogens with two attached hydrogens (primary N) is 1. The molecule has 5 rings (SSSR count). The van der Waals surface area contributed by atoms with E-state index in [1.165, 1.54) is 11.8 Å². The molecule has 0 bridgehead atoms. The van der Waals surface area contributed by atoms with E-state index < -0.39 is 12.1 Å². The summed E-state index contributed by atoms with van der Waals surface area (Å²) in [6, 6.07) is 1.81. The van der Waals surface area contributed by atoms with E-state index >= 15 is 0 Å². The topological polar surface area (TPSA) is 156 Å². The Morgan fingerprint density at radius 3 is 2.83 bits per heavy atom. The van der Waals surface area contributed by atoms with Gasteiger partial charge in [0.15, 0.2) is 11.0 Å². The van der Waals surface area contributed by atoms with Crippen molar-refractivity contribution >= 4 is 63.0 Å². The number of aliphatic hydroxyl groups is 1. The monoisotopic (exact) mass is 514 g/mol. The molecule has 1 fully saturated rings. The molecule has 0 aliphatic carbocycles. The summed E-state index contributed by atoms with van der Waals surface area (Å²) in [7, 11) is 0. The van der Waals surface area contributed by atoms with Gasteiger partial charge < -0.3 is 25.5 Å². The molecule has 0 spiro atoms. The minimum Gasteiger partial charge on any atom is -0.466 e. The van der Waals surface area contributed by atoms with Gasteiger partial charge in [-0.25, -0.2) is 24.9 Å². The van der Waals surface area contributed by atoms with E-state index in [1.54, 1.807) is 19.2 Å². The lowest BCUT2D eigenvalue weighted by atomic mass is 10.1. The molecule has 182 valence electrons. The first kappa shape index (κ1) is 23.5. The standard InChI is InChI=1S/C22H23ClN8O3S/c1-3-12-17(23)16-20(27-12)29-22(30-21(16)31-8-10(32)9-31)35-11-5-13-18(25-7-11)19(24)28-14(26-13)6-15(33)34-4-2/h5,7,10,32H,3-4,6,8-9H2,1-2H3,(H2,24,26,28)(H,27,29,30). The van der Waals surface area contributed by atoms with Crippen LogP contribution in [-0.2, 0) is 22.4 Å².